The zero-order valence-corrected chi connectivity index (χ0v) is 16.2. The van der Waals surface area contributed by atoms with Gasteiger partial charge in [0.2, 0.25) is 0 Å². The SMILES string of the molecule is CCN(CCO)c1cc(N(Cc2ccc(C)cc2)n2cnnc2)ccc1C#N. The highest BCUT2D eigenvalue weighted by atomic mass is 16.3. The zero-order valence-electron chi connectivity index (χ0n) is 16.2. The van der Waals surface area contributed by atoms with Crippen LogP contribution in [0.15, 0.2) is 55.1 Å². The van der Waals surface area contributed by atoms with Gasteiger partial charge in [-0.2, -0.15) is 5.26 Å². The monoisotopic (exact) mass is 376 g/mol. The highest BCUT2D eigenvalue weighted by Gasteiger charge is 2.16. The van der Waals surface area contributed by atoms with E-state index in [0.717, 1.165) is 16.9 Å². The van der Waals surface area contributed by atoms with Crippen LogP contribution in [0.1, 0.15) is 23.6 Å². The lowest BCUT2D eigenvalue weighted by atomic mass is 10.1. The minimum atomic E-state index is 0.0292. The summed E-state index contributed by atoms with van der Waals surface area (Å²) in [5.41, 5.74) is 4.65. The van der Waals surface area contributed by atoms with Crippen molar-refractivity contribution in [3.63, 3.8) is 0 Å². The van der Waals surface area contributed by atoms with Crippen molar-refractivity contribution >= 4 is 11.4 Å². The first-order chi connectivity index (χ1) is 13.7. The Bertz CT molecular complexity index is 931. The Morgan fingerprint density at radius 3 is 2.43 bits per heavy atom. The Balaban J connectivity index is 2.02. The van der Waals surface area contributed by atoms with Crippen LogP contribution in [0.25, 0.3) is 0 Å². The van der Waals surface area contributed by atoms with Crippen molar-refractivity contribution in [3.05, 3.63) is 71.8 Å². The lowest BCUT2D eigenvalue weighted by Crippen LogP contribution is -2.30. The van der Waals surface area contributed by atoms with E-state index in [9.17, 15) is 10.4 Å². The first-order valence-electron chi connectivity index (χ1n) is 9.24. The van der Waals surface area contributed by atoms with Crippen molar-refractivity contribution in [1.82, 2.24) is 14.9 Å². The van der Waals surface area contributed by atoms with Crippen molar-refractivity contribution in [2.75, 3.05) is 29.6 Å². The van der Waals surface area contributed by atoms with E-state index in [4.69, 9.17) is 0 Å². The number of hydrogen-bond donors (Lipinski definition) is 1. The molecule has 28 heavy (non-hydrogen) atoms. The first kappa shape index (κ1) is 19.4. The molecule has 0 radical (unpaired) electrons. The second kappa shape index (κ2) is 9.02. The standard InChI is InChI=1S/C21H24N6O/c1-3-25(10-11-28)21-12-20(9-8-19(21)13-22)27(26-15-23-24-16-26)14-18-6-4-17(2)5-7-18/h4-9,12,15-16,28H,3,10-11,14H2,1-2H3. The summed E-state index contributed by atoms with van der Waals surface area (Å²) in [6.07, 6.45) is 3.30. The molecule has 1 heterocycles. The predicted octanol–water partition coefficient (Wildman–Crippen LogP) is 2.75. The number of nitriles is 1. The van der Waals surface area contributed by atoms with Gasteiger partial charge in [0.25, 0.3) is 0 Å². The van der Waals surface area contributed by atoms with E-state index in [-0.39, 0.29) is 6.61 Å². The molecule has 144 valence electrons. The molecule has 1 aromatic heterocycles. The number of nitrogens with zero attached hydrogens (tertiary/aromatic N) is 6. The van der Waals surface area contributed by atoms with Gasteiger partial charge in [-0.1, -0.05) is 29.8 Å². The molecule has 0 saturated carbocycles. The van der Waals surface area contributed by atoms with E-state index < -0.39 is 0 Å². The Morgan fingerprint density at radius 2 is 1.82 bits per heavy atom. The molecule has 0 saturated heterocycles. The Hall–Kier alpha value is -3.37. The molecule has 7 nitrogen and oxygen atoms in total. The van der Waals surface area contributed by atoms with Gasteiger partial charge in [-0.3, -0.25) is 5.01 Å². The molecular formula is C21H24N6O. The number of anilines is 2. The van der Waals surface area contributed by atoms with Gasteiger partial charge in [0.05, 0.1) is 30.1 Å². The maximum Gasteiger partial charge on any atom is 0.139 e. The van der Waals surface area contributed by atoms with E-state index in [1.165, 1.54) is 5.56 Å². The second-order valence-electron chi connectivity index (χ2n) is 6.50. The number of aliphatic hydroxyl groups excluding tert-OH is 1. The topological polar surface area (TPSA) is 81.2 Å². The molecule has 0 amide bonds. The molecule has 0 unspecified atom stereocenters. The Labute approximate surface area is 165 Å². The summed E-state index contributed by atoms with van der Waals surface area (Å²) in [6, 6.07) is 16.3. The molecular weight excluding hydrogens is 352 g/mol. The van der Waals surface area contributed by atoms with Crippen molar-refractivity contribution in [2.45, 2.75) is 20.4 Å². The van der Waals surface area contributed by atoms with Gasteiger partial charge in [-0.25, -0.2) is 4.68 Å². The van der Waals surface area contributed by atoms with E-state index in [1.807, 2.05) is 39.7 Å². The normalized spacial score (nSPS) is 10.5. The number of aliphatic hydroxyl groups is 1. The van der Waals surface area contributed by atoms with Gasteiger partial charge in [-0.15, -0.1) is 10.2 Å². The number of hydrogen-bond acceptors (Lipinski definition) is 6. The fourth-order valence-corrected chi connectivity index (χ4v) is 3.10. The Kier molecular flexibility index (Phi) is 6.25. The maximum atomic E-state index is 9.53. The summed E-state index contributed by atoms with van der Waals surface area (Å²) >= 11 is 0. The maximum absolute atomic E-state index is 9.53. The van der Waals surface area contributed by atoms with Crippen molar-refractivity contribution in [2.24, 2.45) is 0 Å². The number of benzene rings is 2. The fraction of sp³-hybridized carbons (Fsp3) is 0.286. The van der Waals surface area contributed by atoms with Gasteiger partial charge in [-0.05, 0) is 37.6 Å². The van der Waals surface area contributed by atoms with E-state index in [0.29, 0.717) is 25.2 Å². The highest BCUT2D eigenvalue weighted by molar-refractivity contribution is 5.67. The van der Waals surface area contributed by atoms with Crippen LogP contribution in [-0.4, -0.2) is 39.7 Å². The molecule has 2 aromatic carbocycles. The molecule has 0 spiro atoms. The predicted molar refractivity (Wildman–Crippen MR) is 109 cm³/mol. The van der Waals surface area contributed by atoms with Crippen molar-refractivity contribution in [3.8, 4) is 6.07 Å². The van der Waals surface area contributed by atoms with Crippen LogP contribution < -0.4 is 9.91 Å². The first-order valence-corrected chi connectivity index (χ1v) is 9.24. The molecule has 0 aliphatic heterocycles. The van der Waals surface area contributed by atoms with Crippen LogP contribution in [0.5, 0.6) is 0 Å². The van der Waals surface area contributed by atoms with Gasteiger partial charge >= 0.3 is 0 Å². The molecule has 0 fully saturated rings. The highest BCUT2D eigenvalue weighted by Crippen LogP contribution is 2.28. The molecule has 0 aliphatic rings. The van der Waals surface area contributed by atoms with Crippen LogP contribution in [0.4, 0.5) is 11.4 Å². The summed E-state index contributed by atoms with van der Waals surface area (Å²) in [6.45, 7) is 5.89. The largest absolute Gasteiger partial charge is 0.395 e. The molecule has 0 bridgehead atoms. The van der Waals surface area contributed by atoms with Crippen molar-refractivity contribution in [1.29, 1.82) is 5.26 Å². The lowest BCUT2D eigenvalue weighted by Gasteiger charge is -2.28. The van der Waals surface area contributed by atoms with E-state index in [2.05, 4.69) is 47.5 Å². The van der Waals surface area contributed by atoms with Gasteiger partial charge in [0.15, 0.2) is 0 Å². The van der Waals surface area contributed by atoms with Gasteiger partial charge < -0.3 is 10.0 Å². The minimum Gasteiger partial charge on any atom is -0.395 e. The van der Waals surface area contributed by atoms with Crippen molar-refractivity contribution < 1.29 is 5.11 Å². The summed E-state index contributed by atoms with van der Waals surface area (Å²) < 4.78 is 1.83. The van der Waals surface area contributed by atoms with Gasteiger partial charge in [0, 0.05) is 13.1 Å². The van der Waals surface area contributed by atoms with E-state index >= 15 is 0 Å². The number of rotatable bonds is 8. The third kappa shape index (κ3) is 4.30. The third-order valence-corrected chi connectivity index (χ3v) is 4.63. The fourth-order valence-electron chi connectivity index (χ4n) is 3.10. The molecule has 0 atom stereocenters. The summed E-state index contributed by atoms with van der Waals surface area (Å²) in [5.74, 6) is 0. The summed E-state index contributed by atoms with van der Waals surface area (Å²) in [7, 11) is 0. The van der Waals surface area contributed by atoms with Crippen LogP contribution in [0, 0.1) is 18.3 Å². The summed E-state index contributed by atoms with van der Waals surface area (Å²) in [5, 5.41) is 28.8. The quantitative estimate of drug-likeness (QED) is 0.651. The number of aryl methyl sites for hydroxylation is 1. The summed E-state index contributed by atoms with van der Waals surface area (Å²) in [4.78, 5) is 2.00. The van der Waals surface area contributed by atoms with E-state index in [1.54, 1.807) is 12.7 Å². The lowest BCUT2D eigenvalue weighted by molar-refractivity contribution is 0.302. The average Bonchev–Trinajstić information content (AvgIpc) is 3.25. The third-order valence-electron chi connectivity index (χ3n) is 4.63. The van der Waals surface area contributed by atoms with Crippen LogP contribution in [0.2, 0.25) is 0 Å². The molecule has 3 aromatic rings. The molecule has 7 heteroatoms. The average molecular weight is 376 g/mol. The minimum absolute atomic E-state index is 0.0292. The van der Waals surface area contributed by atoms with Crippen LogP contribution in [0.3, 0.4) is 0 Å². The number of likely N-dealkylation sites (N-methyl/N-ethyl adjacent to an activating group) is 1. The number of aromatic nitrogens is 3. The molecule has 3 rings (SSSR count). The molecule has 1 N–H and O–H groups in total. The van der Waals surface area contributed by atoms with Gasteiger partial charge in [0.1, 0.15) is 18.7 Å². The Morgan fingerprint density at radius 1 is 1.11 bits per heavy atom. The van der Waals surface area contributed by atoms with Crippen LogP contribution >= 0.6 is 0 Å². The van der Waals surface area contributed by atoms with Crippen LogP contribution in [-0.2, 0) is 6.54 Å². The second-order valence-corrected chi connectivity index (χ2v) is 6.50. The zero-order chi connectivity index (χ0) is 19.9. The molecule has 0 aliphatic carbocycles. The smallest absolute Gasteiger partial charge is 0.139 e.